The lowest BCUT2D eigenvalue weighted by atomic mass is 9.77. The number of anilines is 1. The number of hydrogen-bond donors (Lipinski definition) is 0. The predicted octanol–water partition coefficient (Wildman–Crippen LogP) is 1.99. The molecule has 3 aliphatic rings. The first-order chi connectivity index (χ1) is 12.7. The average molecular weight is 356 g/mol. The number of carbonyl (C=O) groups excluding carboxylic acids is 1. The third-order valence-corrected chi connectivity index (χ3v) is 5.97. The minimum Gasteiger partial charge on any atom is -0.378 e. The molecule has 4 rings (SSSR count). The van der Waals surface area contributed by atoms with Gasteiger partial charge in [0.1, 0.15) is 12.1 Å². The Hall–Kier alpha value is -1.95. The summed E-state index contributed by atoms with van der Waals surface area (Å²) in [5, 5.41) is 0. The van der Waals surface area contributed by atoms with Gasteiger partial charge in [0.25, 0.3) is 0 Å². The Balaban J connectivity index is 1.52. The summed E-state index contributed by atoms with van der Waals surface area (Å²) in [6.45, 7) is 6.87. The molecule has 0 radical (unpaired) electrons. The zero-order valence-electron chi connectivity index (χ0n) is 15.6. The number of nitrogens with zero attached hydrogens (tertiary/aromatic N) is 4. The maximum atomic E-state index is 13.2. The number of rotatable bonds is 2. The molecule has 0 spiro atoms. The van der Waals surface area contributed by atoms with Gasteiger partial charge >= 0.3 is 0 Å². The van der Waals surface area contributed by atoms with Crippen LogP contribution in [0.4, 0.5) is 5.82 Å². The van der Waals surface area contributed by atoms with Gasteiger partial charge in [-0.25, -0.2) is 9.97 Å². The van der Waals surface area contributed by atoms with Crippen molar-refractivity contribution in [3.63, 3.8) is 0 Å². The van der Waals surface area contributed by atoms with Crippen molar-refractivity contribution in [3.8, 4) is 0 Å². The zero-order chi connectivity index (χ0) is 18.0. The van der Waals surface area contributed by atoms with Crippen LogP contribution in [0.5, 0.6) is 0 Å². The summed E-state index contributed by atoms with van der Waals surface area (Å²) in [6, 6.07) is 0. The lowest BCUT2D eigenvalue weighted by Crippen LogP contribution is -2.44. The molecule has 1 aromatic heterocycles. The fourth-order valence-electron chi connectivity index (χ4n) is 4.30. The number of allylic oxidation sites excluding steroid dienone is 2. The van der Waals surface area contributed by atoms with Crippen molar-refractivity contribution in [1.82, 2.24) is 14.9 Å². The van der Waals surface area contributed by atoms with Crippen LogP contribution in [0.15, 0.2) is 18.5 Å². The Kier molecular flexibility index (Phi) is 4.94. The molecule has 1 unspecified atom stereocenters. The summed E-state index contributed by atoms with van der Waals surface area (Å²) in [6.07, 6.45) is 10.5. The van der Waals surface area contributed by atoms with E-state index in [1.54, 1.807) is 6.33 Å². The first kappa shape index (κ1) is 17.5. The number of fused-ring (bicyclic) bond motifs is 1. The maximum absolute atomic E-state index is 13.2. The average Bonchev–Trinajstić information content (AvgIpc) is 2.91. The van der Waals surface area contributed by atoms with Gasteiger partial charge in [-0.2, -0.15) is 0 Å². The number of carbonyl (C=O) groups is 1. The van der Waals surface area contributed by atoms with Gasteiger partial charge in [0.15, 0.2) is 0 Å². The van der Waals surface area contributed by atoms with Gasteiger partial charge in [-0.1, -0.05) is 19.1 Å². The van der Waals surface area contributed by atoms with E-state index in [1.807, 2.05) is 0 Å². The number of morpholine rings is 1. The van der Waals surface area contributed by atoms with Gasteiger partial charge in [-0.15, -0.1) is 0 Å². The molecule has 26 heavy (non-hydrogen) atoms. The fraction of sp³-hybridized carbons (Fsp3) is 0.650. The zero-order valence-corrected chi connectivity index (χ0v) is 15.6. The first-order valence-electron chi connectivity index (χ1n) is 9.77. The van der Waals surface area contributed by atoms with Crippen molar-refractivity contribution in [2.75, 3.05) is 44.3 Å². The molecule has 0 N–H and O–H groups in total. The summed E-state index contributed by atoms with van der Waals surface area (Å²) >= 11 is 0. The van der Waals surface area contributed by atoms with E-state index in [0.29, 0.717) is 5.91 Å². The normalized spacial score (nSPS) is 26.3. The highest BCUT2D eigenvalue weighted by Gasteiger charge is 2.37. The van der Waals surface area contributed by atoms with Crippen molar-refractivity contribution in [2.45, 2.75) is 39.0 Å². The van der Waals surface area contributed by atoms with E-state index in [0.717, 1.165) is 83.0 Å². The van der Waals surface area contributed by atoms with Gasteiger partial charge in [0, 0.05) is 38.2 Å². The molecule has 3 heterocycles. The van der Waals surface area contributed by atoms with Gasteiger partial charge in [0.2, 0.25) is 5.91 Å². The molecular formula is C20H28N4O2. The van der Waals surface area contributed by atoms with Crippen LogP contribution in [0, 0.1) is 5.41 Å². The standard InChI is InChI=1S/C20H28N4O2/c1-20(7-3-2-4-8-20)19(25)24-9-5-16-17(6-10-24)21-15-22-18(16)23-11-13-26-14-12-23/h2-3,15H,4-14H2,1H3. The van der Waals surface area contributed by atoms with E-state index in [4.69, 9.17) is 4.74 Å². The molecule has 1 fully saturated rings. The molecular weight excluding hydrogens is 328 g/mol. The Morgan fingerprint density at radius 1 is 1.12 bits per heavy atom. The lowest BCUT2D eigenvalue weighted by molar-refractivity contribution is -0.141. The second-order valence-electron chi connectivity index (χ2n) is 7.79. The highest BCUT2D eigenvalue weighted by molar-refractivity contribution is 5.83. The fourth-order valence-corrected chi connectivity index (χ4v) is 4.30. The van der Waals surface area contributed by atoms with Crippen LogP contribution in [0.2, 0.25) is 0 Å². The Morgan fingerprint density at radius 3 is 2.69 bits per heavy atom. The van der Waals surface area contributed by atoms with Crippen molar-refractivity contribution < 1.29 is 9.53 Å². The van der Waals surface area contributed by atoms with Crippen molar-refractivity contribution in [3.05, 3.63) is 29.7 Å². The summed E-state index contributed by atoms with van der Waals surface area (Å²) < 4.78 is 5.47. The van der Waals surface area contributed by atoms with E-state index in [-0.39, 0.29) is 5.41 Å². The monoisotopic (exact) mass is 356 g/mol. The highest BCUT2D eigenvalue weighted by Crippen LogP contribution is 2.35. The maximum Gasteiger partial charge on any atom is 0.228 e. The molecule has 140 valence electrons. The molecule has 6 nitrogen and oxygen atoms in total. The smallest absolute Gasteiger partial charge is 0.228 e. The molecule has 6 heteroatoms. The number of aromatic nitrogens is 2. The summed E-state index contributed by atoms with van der Waals surface area (Å²) in [5.74, 6) is 1.34. The highest BCUT2D eigenvalue weighted by atomic mass is 16.5. The Labute approximate surface area is 155 Å². The van der Waals surface area contributed by atoms with E-state index in [2.05, 4.69) is 38.8 Å². The quantitative estimate of drug-likeness (QED) is 0.759. The van der Waals surface area contributed by atoms with Crippen LogP contribution >= 0.6 is 0 Å². The molecule has 0 saturated carbocycles. The van der Waals surface area contributed by atoms with Crippen LogP contribution in [-0.2, 0) is 22.4 Å². The van der Waals surface area contributed by atoms with Crippen molar-refractivity contribution in [1.29, 1.82) is 0 Å². The lowest BCUT2D eigenvalue weighted by Gasteiger charge is -2.35. The number of ether oxygens (including phenoxy) is 1. The minimum atomic E-state index is -0.246. The molecule has 1 aromatic rings. The van der Waals surface area contributed by atoms with Crippen molar-refractivity contribution >= 4 is 11.7 Å². The van der Waals surface area contributed by atoms with Crippen molar-refractivity contribution in [2.24, 2.45) is 5.41 Å². The summed E-state index contributed by atoms with van der Waals surface area (Å²) in [7, 11) is 0. The van der Waals surface area contributed by atoms with E-state index >= 15 is 0 Å². The molecule has 1 saturated heterocycles. The SMILES string of the molecule is CC1(C(=O)N2CCc3ncnc(N4CCOCC4)c3CC2)CC=CCC1. The minimum absolute atomic E-state index is 0.246. The first-order valence-corrected chi connectivity index (χ1v) is 9.77. The van der Waals surface area contributed by atoms with Gasteiger partial charge in [0.05, 0.1) is 24.3 Å². The molecule has 0 bridgehead atoms. The Morgan fingerprint density at radius 2 is 1.92 bits per heavy atom. The van der Waals surface area contributed by atoms with E-state index in [9.17, 15) is 4.79 Å². The van der Waals surface area contributed by atoms with Gasteiger partial charge in [-0.05, 0) is 25.7 Å². The summed E-state index contributed by atoms with van der Waals surface area (Å²) in [4.78, 5) is 26.7. The third-order valence-electron chi connectivity index (χ3n) is 5.97. The second kappa shape index (κ2) is 7.35. The topological polar surface area (TPSA) is 58.6 Å². The van der Waals surface area contributed by atoms with Crippen LogP contribution in [-0.4, -0.2) is 60.2 Å². The molecule has 1 atom stereocenters. The molecule has 0 aromatic carbocycles. The van der Waals surface area contributed by atoms with Crippen LogP contribution in [0.25, 0.3) is 0 Å². The van der Waals surface area contributed by atoms with E-state index in [1.165, 1.54) is 5.56 Å². The largest absolute Gasteiger partial charge is 0.378 e. The van der Waals surface area contributed by atoms with Crippen LogP contribution in [0.1, 0.15) is 37.4 Å². The van der Waals surface area contributed by atoms with Crippen LogP contribution in [0.3, 0.4) is 0 Å². The third kappa shape index (κ3) is 3.34. The van der Waals surface area contributed by atoms with Gasteiger partial charge in [-0.3, -0.25) is 4.79 Å². The van der Waals surface area contributed by atoms with Crippen LogP contribution < -0.4 is 4.90 Å². The number of amides is 1. The summed E-state index contributed by atoms with van der Waals surface area (Å²) in [5.41, 5.74) is 2.08. The number of hydrogen-bond acceptors (Lipinski definition) is 5. The molecule has 1 amide bonds. The Bertz CT molecular complexity index is 699. The molecule has 2 aliphatic heterocycles. The predicted molar refractivity (Wildman–Crippen MR) is 100 cm³/mol. The van der Waals surface area contributed by atoms with E-state index < -0.39 is 0 Å². The molecule has 1 aliphatic carbocycles. The second-order valence-corrected chi connectivity index (χ2v) is 7.79. The van der Waals surface area contributed by atoms with Gasteiger partial charge < -0.3 is 14.5 Å².